The van der Waals surface area contributed by atoms with E-state index in [1.165, 1.54) is 6.92 Å². The predicted octanol–water partition coefficient (Wildman–Crippen LogP) is 1.32. The summed E-state index contributed by atoms with van der Waals surface area (Å²) < 4.78 is 57.5. The molecular formula is C7H14F3NO4S. The summed E-state index contributed by atoms with van der Waals surface area (Å²) in [6.07, 6.45) is 2.22. The molecule has 98 valence electrons. The Kier molecular flexibility index (Phi) is 8.17. The van der Waals surface area contributed by atoms with Crippen molar-refractivity contribution in [3.63, 3.8) is 0 Å². The lowest BCUT2D eigenvalue weighted by molar-refractivity contribution is -0.118. The number of carbonyl (C=O) groups excluding carboxylic acids is 1. The minimum atomic E-state index is -5.84. The highest BCUT2D eigenvalue weighted by molar-refractivity contribution is 7.86. The number of amides is 1. The molecule has 0 bridgehead atoms. The van der Waals surface area contributed by atoms with Crippen LogP contribution in [0.15, 0.2) is 0 Å². The van der Waals surface area contributed by atoms with Crippen LogP contribution in [0.2, 0.25) is 0 Å². The van der Waals surface area contributed by atoms with Crippen molar-refractivity contribution in [3.8, 4) is 0 Å². The first-order valence-corrected chi connectivity index (χ1v) is 5.74. The van der Waals surface area contributed by atoms with Crippen LogP contribution in [0.1, 0.15) is 26.7 Å². The highest BCUT2D eigenvalue weighted by atomic mass is 32.2. The molecule has 1 amide bonds. The van der Waals surface area contributed by atoms with Gasteiger partial charge >= 0.3 is 15.6 Å². The van der Waals surface area contributed by atoms with Gasteiger partial charge in [-0.2, -0.15) is 21.6 Å². The van der Waals surface area contributed by atoms with Gasteiger partial charge in [-0.05, 0) is 6.42 Å². The zero-order valence-electron chi connectivity index (χ0n) is 8.84. The molecule has 9 heteroatoms. The van der Waals surface area contributed by atoms with Crippen molar-refractivity contribution in [2.24, 2.45) is 0 Å². The molecule has 0 radical (unpaired) electrons. The Morgan fingerprint density at radius 1 is 1.38 bits per heavy atom. The predicted molar refractivity (Wildman–Crippen MR) is 51.2 cm³/mol. The fraction of sp³-hybridized carbons (Fsp3) is 0.857. The molecule has 0 saturated heterocycles. The second-order valence-electron chi connectivity index (χ2n) is 2.76. The highest BCUT2D eigenvalue weighted by Crippen LogP contribution is 2.20. The van der Waals surface area contributed by atoms with Gasteiger partial charge in [-0.25, -0.2) is 0 Å². The quantitative estimate of drug-likeness (QED) is 0.458. The van der Waals surface area contributed by atoms with Crippen molar-refractivity contribution >= 4 is 16.0 Å². The Bertz CT molecular complexity index is 299. The van der Waals surface area contributed by atoms with E-state index in [1.54, 1.807) is 0 Å². The van der Waals surface area contributed by atoms with Gasteiger partial charge in [0.15, 0.2) is 0 Å². The zero-order chi connectivity index (χ0) is 13.4. The Labute approximate surface area is 91.8 Å². The van der Waals surface area contributed by atoms with E-state index in [4.69, 9.17) is 13.0 Å². The SMILES string of the molecule is CCCCNC(C)=O.O=S(=O)(O)C(F)(F)F. The van der Waals surface area contributed by atoms with Crippen LogP contribution < -0.4 is 5.32 Å². The number of alkyl halides is 3. The van der Waals surface area contributed by atoms with E-state index in [0.29, 0.717) is 0 Å². The lowest BCUT2D eigenvalue weighted by atomic mass is 10.3. The maximum atomic E-state index is 10.7. The van der Waals surface area contributed by atoms with Gasteiger partial charge in [0.05, 0.1) is 0 Å². The van der Waals surface area contributed by atoms with Gasteiger partial charge in [0.1, 0.15) is 0 Å². The number of rotatable bonds is 3. The first kappa shape index (κ1) is 17.6. The highest BCUT2D eigenvalue weighted by Gasteiger charge is 2.44. The second kappa shape index (κ2) is 7.44. The number of hydrogen-bond acceptors (Lipinski definition) is 3. The number of nitrogens with one attached hydrogen (secondary N) is 1. The van der Waals surface area contributed by atoms with Crippen LogP contribution in [0.5, 0.6) is 0 Å². The minimum Gasteiger partial charge on any atom is -0.356 e. The monoisotopic (exact) mass is 265 g/mol. The summed E-state index contributed by atoms with van der Waals surface area (Å²) in [7, 11) is -5.84. The van der Waals surface area contributed by atoms with Crippen LogP contribution in [0, 0.1) is 0 Å². The van der Waals surface area contributed by atoms with E-state index in [1.807, 2.05) is 0 Å². The average molecular weight is 265 g/mol. The molecule has 0 atom stereocenters. The maximum absolute atomic E-state index is 10.7. The number of hydrogen-bond donors (Lipinski definition) is 2. The maximum Gasteiger partial charge on any atom is 0.522 e. The van der Waals surface area contributed by atoms with Gasteiger partial charge in [-0.15, -0.1) is 0 Å². The van der Waals surface area contributed by atoms with Crippen LogP contribution in [0.25, 0.3) is 0 Å². The summed E-state index contributed by atoms with van der Waals surface area (Å²) in [5.74, 6) is 0.0680. The molecule has 0 unspecified atom stereocenters. The Morgan fingerprint density at radius 3 is 1.94 bits per heavy atom. The normalized spacial score (nSPS) is 11.4. The molecule has 0 aromatic heterocycles. The van der Waals surface area contributed by atoms with Crippen molar-refractivity contribution in [2.45, 2.75) is 32.2 Å². The molecule has 0 aliphatic carbocycles. The van der Waals surface area contributed by atoms with Gasteiger partial charge in [0.25, 0.3) is 0 Å². The van der Waals surface area contributed by atoms with Crippen molar-refractivity contribution in [2.75, 3.05) is 6.54 Å². The molecule has 16 heavy (non-hydrogen) atoms. The molecule has 0 spiro atoms. The Morgan fingerprint density at radius 2 is 1.75 bits per heavy atom. The van der Waals surface area contributed by atoms with E-state index >= 15 is 0 Å². The van der Waals surface area contributed by atoms with Crippen molar-refractivity contribution in [3.05, 3.63) is 0 Å². The van der Waals surface area contributed by atoms with E-state index in [9.17, 15) is 18.0 Å². The number of carbonyl (C=O) groups is 1. The van der Waals surface area contributed by atoms with E-state index < -0.39 is 15.6 Å². The Balaban J connectivity index is 0. The molecule has 0 saturated carbocycles. The third-order valence-corrected chi connectivity index (χ3v) is 1.78. The number of halogens is 3. The molecule has 0 aromatic carbocycles. The summed E-state index contributed by atoms with van der Waals surface area (Å²) in [6.45, 7) is 4.46. The van der Waals surface area contributed by atoms with Crippen LogP contribution in [-0.4, -0.2) is 30.9 Å². The van der Waals surface area contributed by atoms with Crippen molar-refractivity contribution in [1.29, 1.82) is 0 Å². The fourth-order valence-corrected chi connectivity index (χ4v) is 0.441. The topological polar surface area (TPSA) is 83.5 Å². The second-order valence-corrected chi connectivity index (χ2v) is 4.17. The lowest BCUT2D eigenvalue weighted by Crippen LogP contribution is -2.21. The van der Waals surface area contributed by atoms with Gasteiger partial charge in [-0.1, -0.05) is 13.3 Å². The summed E-state index contributed by atoms with van der Waals surface area (Å²) in [5.41, 5.74) is -5.53. The first-order chi connectivity index (χ1) is 7.02. The van der Waals surface area contributed by atoms with E-state index in [2.05, 4.69) is 12.2 Å². The van der Waals surface area contributed by atoms with Crippen LogP contribution >= 0.6 is 0 Å². The molecule has 0 aliphatic rings. The summed E-state index contributed by atoms with van der Waals surface area (Å²) in [5, 5.41) is 2.71. The van der Waals surface area contributed by atoms with Crippen LogP contribution in [0.4, 0.5) is 13.2 Å². The molecule has 0 rings (SSSR count). The fourth-order valence-electron chi connectivity index (χ4n) is 0.441. The molecule has 5 nitrogen and oxygen atoms in total. The summed E-state index contributed by atoms with van der Waals surface area (Å²) in [4.78, 5) is 10.2. The van der Waals surface area contributed by atoms with Gasteiger partial charge < -0.3 is 5.32 Å². The van der Waals surface area contributed by atoms with Gasteiger partial charge in [0.2, 0.25) is 5.91 Å². The number of unbranched alkanes of at least 4 members (excludes halogenated alkanes) is 1. The zero-order valence-corrected chi connectivity index (χ0v) is 9.65. The molecule has 0 fully saturated rings. The third kappa shape index (κ3) is 11.2. The minimum absolute atomic E-state index is 0.0680. The van der Waals surface area contributed by atoms with Crippen LogP contribution in [-0.2, 0) is 14.9 Å². The molecule has 2 N–H and O–H groups in total. The summed E-state index contributed by atoms with van der Waals surface area (Å²) >= 11 is 0. The smallest absolute Gasteiger partial charge is 0.356 e. The molecule has 0 aliphatic heterocycles. The third-order valence-electron chi connectivity index (χ3n) is 1.20. The lowest BCUT2D eigenvalue weighted by Gasteiger charge is -1.97. The summed E-state index contributed by atoms with van der Waals surface area (Å²) in [6, 6.07) is 0. The molecule has 0 aromatic rings. The van der Waals surface area contributed by atoms with E-state index in [0.717, 1.165) is 19.4 Å². The Hall–Kier alpha value is -0.830. The average Bonchev–Trinajstić information content (AvgIpc) is 2.01. The largest absolute Gasteiger partial charge is 0.522 e. The van der Waals surface area contributed by atoms with Crippen molar-refractivity contribution < 1.29 is 30.9 Å². The van der Waals surface area contributed by atoms with Gasteiger partial charge in [-0.3, -0.25) is 9.35 Å². The molecule has 0 heterocycles. The van der Waals surface area contributed by atoms with Gasteiger partial charge in [0, 0.05) is 13.5 Å². The van der Waals surface area contributed by atoms with E-state index in [-0.39, 0.29) is 5.91 Å². The van der Waals surface area contributed by atoms with Crippen LogP contribution in [0.3, 0.4) is 0 Å². The first-order valence-electron chi connectivity index (χ1n) is 4.30. The molecular weight excluding hydrogens is 251 g/mol. The van der Waals surface area contributed by atoms with Crippen molar-refractivity contribution in [1.82, 2.24) is 5.32 Å². The standard InChI is InChI=1S/C6H13NO.CHF3O3S/c1-3-4-5-7-6(2)8;2-1(3,4)8(5,6)7/h3-5H2,1-2H3,(H,7,8);(H,5,6,7).